The fourth-order valence-corrected chi connectivity index (χ4v) is 4.39. The number of anilines is 2. The molecule has 5 nitrogen and oxygen atoms in total. The maximum absolute atomic E-state index is 12.8. The highest BCUT2D eigenvalue weighted by Crippen LogP contribution is 2.30. The van der Waals surface area contributed by atoms with Gasteiger partial charge in [0.2, 0.25) is 0 Å². The molecule has 2 aromatic rings. The SMILES string of the molecule is CN(C)Cc1ccc(S(=O)(=O)Nc2ccccc2N2CCCCC2)cc1. The molecular formula is C20H27N3O2S. The second kappa shape index (κ2) is 8.10. The maximum Gasteiger partial charge on any atom is 0.261 e. The fraction of sp³-hybridized carbons (Fsp3) is 0.400. The number of benzene rings is 2. The van der Waals surface area contributed by atoms with Gasteiger partial charge >= 0.3 is 0 Å². The summed E-state index contributed by atoms with van der Waals surface area (Å²) in [5.74, 6) is 0. The topological polar surface area (TPSA) is 52.7 Å². The normalized spacial score (nSPS) is 15.3. The Hall–Kier alpha value is -2.05. The van der Waals surface area contributed by atoms with Crippen LogP contribution in [0.3, 0.4) is 0 Å². The van der Waals surface area contributed by atoms with Crippen molar-refractivity contribution in [2.75, 3.05) is 36.8 Å². The molecule has 1 saturated heterocycles. The Morgan fingerprint density at radius 3 is 2.27 bits per heavy atom. The van der Waals surface area contributed by atoms with Crippen molar-refractivity contribution < 1.29 is 8.42 Å². The van der Waals surface area contributed by atoms with Crippen molar-refractivity contribution in [2.24, 2.45) is 0 Å². The average molecular weight is 374 g/mol. The van der Waals surface area contributed by atoms with Crippen LogP contribution in [0, 0.1) is 0 Å². The van der Waals surface area contributed by atoms with E-state index in [-0.39, 0.29) is 4.90 Å². The van der Waals surface area contributed by atoms with Gasteiger partial charge in [-0.05, 0) is 63.2 Å². The molecule has 3 rings (SSSR count). The third-order valence-electron chi connectivity index (χ3n) is 4.58. The average Bonchev–Trinajstić information content (AvgIpc) is 2.62. The van der Waals surface area contributed by atoms with Gasteiger partial charge in [-0.15, -0.1) is 0 Å². The predicted molar refractivity (Wildman–Crippen MR) is 107 cm³/mol. The van der Waals surface area contributed by atoms with Crippen LogP contribution in [0.25, 0.3) is 0 Å². The lowest BCUT2D eigenvalue weighted by atomic mass is 10.1. The van der Waals surface area contributed by atoms with Crippen LogP contribution in [0.15, 0.2) is 53.4 Å². The smallest absolute Gasteiger partial charge is 0.261 e. The van der Waals surface area contributed by atoms with Gasteiger partial charge < -0.3 is 9.80 Å². The van der Waals surface area contributed by atoms with Crippen molar-refractivity contribution in [3.63, 3.8) is 0 Å². The summed E-state index contributed by atoms with van der Waals surface area (Å²) < 4.78 is 28.4. The van der Waals surface area contributed by atoms with Crippen molar-refractivity contribution in [3.8, 4) is 0 Å². The zero-order valence-electron chi connectivity index (χ0n) is 15.5. The molecule has 0 bridgehead atoms. The Morgan fingerprint density at radius 1 is 0.962 bits per heavy atom. The predicted octanol–water partition coefficient (Wildman–Crippen LogP) is 3.54. The standard InChI is InChI=1S/C20H27N3O2S/c1-22(2)16-17-10-12-18(13-11-17)26(24,25)21-19-8-4-5-9-20(19)23-14-6-3-7-15-23/h4-5,8-13,21H,3,6-7,14-16H2,1-2H3. The second-order valence-corrected chi connectivity index (χ2v) is 8.73. The number of piperidine rings is 1. The number of nitrogens with one attached hydrogen (secondary N) is 1. The van der Waals surface area contributed by atoms with Crippen molar-refractivity contribution >= 4 is 21.4 Å². The molecule has 0 aliphatic carbocycles. The van der Waals surface area contributed by atoms with Gasteiger partial charge in [0.25, 0.3) is 10.0 Å². The maximum atomic E-state index is 12.8. The number of para-hydroxylation sites is 2. The second-order valence-electron chi connectivity index (χ2n) is 7.05. The van der Waals surface area contributed by atoms with Gasteiger partial charge in [0, 0.05) is 19.6 Å². The molecule has 6 heteroatoms. The van der Waals surface area contributed by atoms with Crippen LogP contribution < -0.4 is 9.62 Å². The molecule has 0 radical (unpaired) electrons. The van der Waals surface area contributed by atoms with E-state index in [0.717, 1.165) is 43.7 Å². The first-order chi connectivity index (χ1) is 12.5. The van der Waals surface area contributed by atoms with Crippen LogP contribution >= 0.6 is 0 Å². The van der Waals surface area contributed by atoms with Gasteiger partial charge in [-0.25, -0.2) is 8.42 Å². The van der Waals surface area contributed by atoms with Crippen LogP contribution in [0.5, 0.6) is 0 Å². The van der Waals surface area contributed by atoms with E-state index in [2.05, 4.69) is 14.5 Å². The van der Waals surface area contributed by atoms with Crippen molar-refractivity contribution in [1.29, 1.82) is 0 Å². The van der Waals surface area contributed by atoms with Gasteiger partial charge in [-0.2, -0.15) is 0 Å². The van der Waals surface area contributed by atoms with E-state index in [9.17, 15) is 8.42 Å². The van der Waals surface area contributed by atoms with Crippen LogP contribution in [0.4, 0.5) is 11.4 Å². The Labute approximate surface area is 156 Å². The lowest BCUT2D eigenvalue weighted by Gasteiger charge is -2.30. The van der Waals surface area contributed by atoms with E-state index in [4.69, 9.17) is 0 Å². The minimum absolute atomic E-state index is 0.286. The zero-order chi connectivity index (χ0) is 18.6. The molecule has 0 aromatic heterocycles. The van der Waals surface area contributed by atoms with Crippen LogP contribution in [-0.4, -0.2) is 40.5 Å². The van der Waals surface area contributed by atoms with E-state index in [1.54, 1.807) is 12.1 Å². The van der Waals surface area contributed by atoms with Crippen molar-refractivity contribution in [3.05, 3.63) is 54.1 Å². The summed E-state index contributed by atoms with van der Waals surface area (Å²) in [4.78, 5) is 4.60. The molecule has 0 atom stereocenters. The summed E-state index contributed by atoms with van der Waals surface area (Å²) in [6, 6.07) is 14.7. The minimum Gasteiger partial charge on any atom is -0.370 e. The molecule has 0 spiro atoms. The first-order valence-electron chi connectivity index (χ1n) is 9.06. The Kier molecular flexibility index (Phi) is 5.84. The summed E-state index contributed by atoms with van der Waals surface area (Å²) in [5.41, 5.74) is 2.69. The van der Waals surface area contributed by atoms with E-state index < -0.39 is 10.0 Å². The van der Waals surface area contributed by atoms with Crippen LogP contribution in [0.2, 0.25) is 0 Å². The molecule has 2 aromatic carbocycles. The monoisotopic (exact) mass is 373 g/mol. The quantitative estimate of drug-likeness (QED) is 0.841. The number of hydrogen-bond acceptors (Lipinski definition) is 4. The Balaban J connectivity index is 1.81. The first kappa shape index (κ1) is 18.7. The fourth-order valence-electron chi connectivity index (χ4n) is 3.31. The van der Waals surface area contributed by atoms with E-state index in [1.807, 2.05) is 50.5 Å². The summed E-state index contributed by atoms with van der Waals surface area (Å²) in [7, 11) is 0.370. The molecule has 0 unspecified atom stereocenters. The number of nitrogens with zero attached hydrogens (tertiary/aromatic N) is 2. The lowest BCUT2D eigenvalue weighted by molar-refractivity contribution is 0.402. The Bertz CT molecular complexity index is 826. The summed E-state index contributed by atoms with van der Waals surface area (Å²) in [6.07, 6.45) is 3.53. The van der Waals surface area contributed by atoms with E-state index in [0.29, 0.717) is 5.69 Å². The highest BCUT2D eigenvalue weighted by atomic mass is 32.2. The minimum atomic E-state index is -3.61. The van der Waals surface area contributed by atoms with Crippen LogP contribution in [0.1, 0.15) is 24.8 Å². The summed E-state index contributed by atoms with van der Waals surface area (Å²) in [6.45, 7) is 2.72. The number of hydrogen-bond donors (Lipinski definition) is 1. The van der Waals surface area contributed by atoms with Gasteiger partial charge in [0.05, 0.1) is 16.3 Å². The van der Waals surface area contributed by atoms with E-state index in [1.165, 1.54) is 6.42 Å². The number of sulfonamides is 1. The number of rotatable bonds is 6. The molecule has 1 aliphatic heterocycles. The molecule has 1 N–H and O–H groups in total. The lowest BCUT2D eigenvalue weighted by Crippen LogP contribution is -2.30. The van der Waals surface area contributed by atoms with Gasteiger partial charge in [0.1, 0.15) is 0 Å². The largest absolute Gasteiger partial charge is 0.370 e. The molecule has 0 saturated carbocycles. The molecule has 1 fully saturated rings. The molecule has 1 heterocycles. The molecule has 1 aliphatic rings. The van der Waals surface area contributed by atoms with Crippen molar-refractivity contribution in [1.82, 2.24) is 4.90 Å². The summed E-state index contributed by atoms with van der Waals surface area (Å²) in [5, 5.41) is 0. The zero-order valence-corrected chi connectivity index (χ0v) is 16.3. The Morgan fingerprint density at radius 2 is 1.62 bits per heavy atom. The highest BCUT2D eigenvalue weighted by Gasteiger charge is 2.19. The highest BCUT2D eigenvalue weighted by molar-refractivity contribution is 7.92. The van der Waals surface area contributed by atoms with Crippen LogP contribution in [-0.2, 0) is 16.6 Å². The third kappa shape index (κ3) is 4.56. The van der Waals surface area contributed by atoms with Gasteiger partial charge in [-0.3, -0.25) is 4.72 Å². The first-order valence-corrected chi connectivity index (χ1v) is 10.5. The molecule has 0 amide bonds. The molecule has 26 heavy (non-hydrogen) atoms. The third-order valence-corrected chi connectivity index (χ3v) is 5.96. The van der Waals surface area contributed by atoms with Gasteiger partial charge in [-0.1, -0.05) is 24.3 Å². The summed E-state index contributed by atoms with van der Waals surface area (Å²) >= 11 is 0. The van der Waals surface area contributed by atoms with Gasteiger partial charge in [0.15, 0.2) is 0 Å². The van der Waals surface area contributed by atoms with Crippen molar-refractivity contribution in [2.45, 2.75) is 30.7 Å². The molecule has 140 valence electrons. The van der Waals surface area contributed by atoms with E-state index >= 15 is 0 Å². The molecular weight excluding hydrogens is 346 g/mol.